The van der Waals surface area contributed by atoms with Crippen molar-refractivity contribution in [2.24, 2.45) is 0 Å². The van der Waals surface area contributed by atoms with Crippen molar-refractivity contribution in [1.29, 1.82) is 0 Å². The molecule has 1 aromatic carbocycles. The van der Waals surface area contributed by atoms with Crippen molar-refractivity contribution in [3.05, 3.63) is 53.0 Å². The van der Waals surface area contributed by atoms with Gasteiger partial charge in [-0.15, -0.1) is 0 Å². The Balaban J connectivity index is 1.67. The molecule has 1 aliphatic heterocycles. The van der Waals surface area contributed by atoms with Gasteiger partial charge in [0.2, 0.25) is 5.95 Å². The summed E-state index contributed by atoms with van der Waals surface area (Å²) < 4.78 is 4.94. The maximum absolute atomic E-state index is 12.2. The molecule has 3 aromatic rings. The van der Waals surface area contributed by atoms with Crippen molar-refractivity contribution in [3.63, 3.8) is 0 Å². The Bertz CT molecular complexity index is 950. The molecule has 3 heterocycles. The van der Waals surface area contributed by atoms with E-state index in [4.69, 9.17) is 10.5 Å². The second kappa shape index (κ2) is 6.18. The fraction of sp³-hybridized carbons (Fsp3) is 0.278. The molecule has 0 saturated heterocycles. The Hall–Kier alpha value is -2.93. The molecule has 0 aliphatic carbocycles. The fourth-order valence-electron chi connectivity index (χ4n) is 3.39. The number of nitrogen functional groups attached to an aromatic ring is 1. The number of anilines is 1. The Labute approximate surface area is 144 Å². The summed E-state index contributed by atoms with van der Waals surface area (Å²) in [7, 11) is 1.40. The second-order valence-corrected chi connectivity index (χ2v) is 6.18. The molecule has 7 heteroatoms. The van der Waals surface area contributed by atoms with E-state index >= 15 is 0 Å². The zero-order valence-corrected chi connectivity index (χ0v) is 14.0. The standard InChI is InChI=1S/C18H19N5O2/c1-25-17(24)16-13(12-4-2-3-5-15(12)21-16)10-23-7-6-14-11(9-23)8-20-18(19)22-14/h2-5,8,21H,6-7,9-10H2,1H3,(H2,19,20,22). The molecule has 0 radical (unpaired) electrons. The van der Waals surface area contributed by atoms with Gasteiger partial charge in [0, 0.05) is 54.3 Å². The first kappa shape index (κ1) is 15.6. The topological polar surface area (TPSA) is 97.1 Å². The predicted molar refractivity (Wildman–Crippen MR) is 93.9 cm³/mol. The van der Waals surface area contributed by atoms with Gasteiger partial charge >= 0.3 is 5.97 Å². The smallest absolute Gasteiger partial charge is 0.354 e. The van der Waals surface area contributed by atoms with E-state index in [0.717, 1.165) is 47.2 Å². The average molecular weight is 337 g/mol. The Morgan fingerprint density at radius 1 is 1.40 bits per heavy atom. The van der Waals surface area contributed by atoms with Crippen molar-refractivity contribution in [2.45, 2.75) is 19.5 Å². The molecule has 2 aromatic heterocycles. The molecular weight excluding hydrogens is 318 g/mol. The minimum absolute atomic E-state index is 0.316. The SMILES string of the molecule is COC(=O)c1[nH]c2ccccc2c1CN1CCc2nc(N)ncc2C1. The van der Waals surface area contributed by atoms with Crippen LogP contribution in [0.4, 0.5) is 5.95 Å². The van der Waals surface area contributed by atoms with E-state index in [0.29, 0.717) is 18.2 Å². The number of carbonyl (C=O) groups excluding carboxylic acids is 1. The molecule has 0 unspecified atom stereocenters. The number of ether oxygens (including phenoxy) is 1. The largest absolute Gasteiger partial charge is 0.464 e. The highest BCUT2D eigenvalue weighted by molar-refractivity contribution is 5.98. The second-order valence-electron chi connectivity index (χ2n) is 6.18. The van der Waals surface area contributed by atoms with Crippen LogP contribution in [0.1, 0.15) is 27.3 Å². The lowest BCUT2D eigenvalue weighted by atomic mass is 10.0. The summed E-state index contributed by atoms with van der Waals surface area (Å²) >= 11 is 0. The van der Waals surface area contributed by atoms with E-state index in [1.54, 1.807) is 6.20 Å². The number of nitrogens with two attached hydrogens (primary N) is 1. The summed E-state index contributed by atoms with van der Waals surface area (Å²) in [5, 5.41) is 1.04. The first-order valence-electron chi connectivity index (χ1n) is 8.16. The normalized spacial score (nSPS) is 14.4. The summed E-state index contributed by atoms with van der Waals surface area (Å²) in [4.78, 5) is 26.1. The van der Waals surface area contributed by atoms with Crippen LogP contribution < -0.4 is 5.73 Å². The molecule has 1 aliphatic rings. The molecule has 25 heavy (non-hydrogen) atoms. The van der Waals surface area contributed by atoms with Gasteiger partial charge in [0.05, 0.1) is 12.8 Å². The summed E-state index contributed by atoms with van der Waals surface area (Å²) in [6.45, 7) is 2.23. The molecule has 4 rings (SSSR count). The molecule has 0 amide bonds. The van der Waals surface area contributed by atoms with Gasteiger partial charge in [-0.1, -0.05) is 18.2 Å². The minimum atomic E-state index is -0.347. The lowest BCUT2D eigenvalue weighted by Crippen LogP contribution is -2.31. The molecule has 7 nitrogen and oxygen atoms in total. The van der Waals surface area contributed by atoms with Crippen LogP contribution in [0.2, 0.25) is 0 Å². The molecule has 0 saturated carbocycles. The van der Waals surface area contributed by atoms with Crippen molar-refractivity contribution in [3.8, 4) is 0 Å². The zero-order chi connectivity index (χ0) is 17.4. The molecule has 128 valence electrons. The highest BCUT2D eigenvalue weighted by Gasteiger charge is 2.23. The van der Waals surface area contributed by atoms with Crippen molar-refractivity contribution in [2.75, 3.05) is 19.4 Å². The summed E-state index contributed by atoms with van der Waals surface area (Å²) in [5.74, 6) is -0.0310. The maximum atomic E-state index is 12.2. The first-order chi connectivity index (χ1) is 12.2. The van der Waals surface area contributed by atoms with Gasteiger partial charge in [0.1, 0.15) is 5.69 Å². The molecular formula is C18H19N5O2. The predicted octanol–water partition coefficient (Wildman–Crippen LogP) is 1.89. The summed E-state index contributed by atoms with van der Waals surface area (Å²) in [6, 6.07) is 7.91. The molecule has 0 spiro atoms. The fourth-order valence-corrected chi connectivity index (χ4v) is 3.39. The van der Waals surface area contributed by atoms with E-state index in [1.807, 2.05) is 24.3 Å². The van der Waals surface area contributed by atoms with E-state index in [2.05, 4.69) is 19.9 Å². The van der Waals surface area contributed by atoms with Crippen molar-refractivity contribution < 1.29 is 9.53 Å². The lowest BCUT2D eigenvalue weighted by molar-refractivity contribution is 0.0592. The van der Waals surface area contributed by atoms with Gasteiger partial charge in [0.25, 0.3) is 0 Å². The number of H-pyrrole nitrogens is 1. The van der Waals surface area contributed by atoms with Crippen LogP contribution in [0.15, 0.2) is 30.5 Å². The third kappa shape index (κ3) is 2.83. The number of nitrogens with zero attached hydrogens (tertiary/aromatic N) is 3. The van der Waals surface area contributed by atoms with Gasteiger partial charge < -0.3 is 15.5 Å². The van der Waals surface area contributed by atoms with Crippen molar-refractivity contribution >= 4 is 22.8 Å². The van der Waals surface area contributed by atoms with Crippen LogP contribution in [-0.4, -0.2) is 39.5 Å². The van der Waals surface area contributed by atoms with E-state index in [9.17, 15) is 4.79 Å². The minimum Gasteiger partial charge on any atom is -0.464 e. The number of carbonyl (C=O) groups is 1. The van der Waals surface area contributed by atoms with Gasteiger partial charge in [-0.2, -0.15) is 0 Å². The van der Waals surface area contributed by atoms with Gasteiger partial charge in [-0.25, -0.2) is 14.8 Å². The van der Waals surface area contributed by atoms with E-state index in [1.165, 1.54) is 7.11 Å². The maximum Gasteiger partial charge on any atom is 0.354 e. The Kier molecular flexibility index (Phi) is 3.85. The number of aromatic amines is 1. The monoisotopic (exact) mass is 337 g/mol. The highest BCUT2D eigenvalue weighted by Crippen LogP contribution is 2.27. The van der Waals surface area contributed by atoms with E-state index < -0.39 is 0 Å². The third-order valence-corrected chi connectivity index (χ3v) is 4.62. The quantitative estimate of drug-likeness (QED) is 0.708. The summed E-state index contributed by atoms with van der Waals surface area (Å²) in [6.07, 6.45) is 2.61. The number of rotatable bonds is 3. The van der Waals surface area contributed by atoms with Gasteiger partial charge in [-0.3, -0.25) is 4.90 Å². The average Bonchev–Trinajstić information content (AvgIpc) is 3.00. The van der Waals surface area contributed by atoms with Crippen molar-refractivity contribution in [1.82, 2.24) is 19.9 Å². The highest BCUT2D eigenvalue weighted by atomic mass is 16.5. The number of benzene rings is 1. The lowest BCUT2D eigenvalue weighted by Gasteiger charge is -2.28. The van der Waals surface area contributed by atoms with Crippen LogP contribution in [-0.2, 0) is 24.2 Å². The van der Waals surface area contributed by atoms with Gasteiger partial charge in [-0.05, 0) is 6.07 Å². The number of hydrogen-bond acceptors (Lipinski definition) is 6. The number of hydrogen-bond donors (Lipinski definition) is 2. The van der Waals surface area contributed by atoms with Crippen LogP contribution >= 0.6 is 0 Å². The summed E-state index contributed by atoms with van der Waals surface area (Å²) in [5.41, 5.74) is 10.2. The molecule has 0 bridgehead atoms. The first-order valence-corrected chi connectivity index (χ1v) is 8.16. The number of para-hydroxylation sites is 1. The molecule has 3 N–H and O–H groups in total. The molecule has 0 fully saturated rings. The van der Waals surface area contributed by atoms with E-state index in [-0.39, 0.29) is 5.97 Å². The number of esters is 1. The Morgan fingerprint density at radius 3 is 3.08 bits per heavy atom. The van der Waals surface area contributed by atoms with Gasteiger partial charge in [0.15, 0.2) is 0 Å². The van der Waals surface area contributed by atoms with Crippen LogP contribution in [0.5, 0.6) is 0 Å². The number of aromatic nitrogens is 3. The number of nitrogens with one attached hydrogen (secondary N) is 1. The van der Waals surface area contributed by atoms with Crippen LogP contribution in [0, 0.1) is 0 Å². The third-order valence-electron chi connectivity index (χ3n) is 4.62. The zero-order valence-electron chi connectivity index (χ0n) is 14.0. The number of fused-ring (bicyclic) bond motifs is 2. The van der Waals surface area contributed by atoms with Crippen LogP contribution in [0.25, 0.3) is 10.9 Å². The van der Waals surface area contributed by atoms with Crippen LogP contribution in [0.3, 0.4) is 0 Å². The Morgan fingerprint density at radius 2 is 2.24 bits per heavy atom. The number of methoxy groups -OCH3 is 1. The molecule has 0 atom stereocenters.